The molecule has 1 aliphatic heterocycles. The number of hydrogen-bond donors (Lipinski definition) is 3. The number of fused-ring (bicyclic) bond motifs is 1. The zero-order chi connectivity index (χ0) is 17.8. The predicted octanol–water partition coefficient (Wildman–Crippen LogP) is 2.56. The van der Waals surface area contributed by atoms with Gasteiger partial charge in [-0.1, -0.05) is 30.3 Å². The second-order valence-electron chi connectivity index (χ2n) is 5.55. The number of carboxylic acid groups (broad SMARTS) is 1. The molecule has 0 fully saturated rings. The van der Waals surface area contributed by atoms with E-state index in [1.54, 1.807) is 18.2 Å². The van der Waals surface area contributed by atoms with Crippen LogP contribution >= 0.6 is 0 Å². The van der Waals surface area contributed by atoms with Gasteiger partial charge in [-0.25, -0.2) is 0 Å². The minimum absolute atomic E-state index is 0.120. The zero-order valence-electron chi connectivity index (χ0n) is 13.2. The predicted molar refractivity (Wildman–Crippen MR) is 90.4 cm³/mol. The van der Waals surface area contributed by atoms with Crippen LogP contribution in [0.15, 0.2) is 48.5 Å². The van der Waals surface area contributed by atoms with Gasteiger partial charge in [0.25, 0.3) is 5.91 Å². The molecule has 2 amide bonds. The first kappa shape index (κ1) is 16.5. The molecule has 128 valence electrons. The summed E-state index contributed by atoms with van der Waals surface area (Å²) in [5.41, 5.74) is 1.65. The van der Waals surface area contributed by atoms with Crippen LogP contribution in [0.5, 0.6) is 5.75 Å². The quantitative estimate of drug-likeness (QED) is 0.776. The van der Waals surface area contributed by atoms with Crippen molar-refractivity contribution in [2.45, 2.75) is 18.9 Å². The maximum absolute atomic E-state index is 12.3. The van der Waals surface area contributed by atoms with Gasteiger partial charge in [0.05, 0.1) is 12.1 Å². The van der Waals surface area contributed by atoms with Gasteiger partial charge in [-0.15, -0.1) is 0 Å². The first-order chi connectivity index (χ1) is 12.0. The molecule has 0 radical (unpaired) electrons. The van der Waals surface area contributed by atoms with Crippen LogP contribution in [-0.2, 0) is 14.4 Å². The molecule has 2 aromatic carbocycles. The van der Waals surface area contributed by atoms with Crippen LogP contribution in [0.1, 0.15) is 24.5 Å². The Morgan fingerprint density at radius 1 is 1.12 bits per heavy atom. The van der Waals surface area contributed by atoms with Gasteiger partial charge >= 0.3 is 5.97 Å². The van der Waals surface area contributed by atoms with Gasteiger partial charge in [-0.2, -0.15) is 0 Å². The Bertz CT molecular complexity index is 819. The Hall–Kier alpha value is -3.35. The second kappa shape index (κ2) is 7.04. The number of benzene rings is 2. The lowest BCUT2D eigenvalue weighted by Crippen LogP contribution is -2.30. The third kappa shape index (κ3) is 3.95. The highest BCUT2D eigenvalue weighted by Crippen LogP contribution is 2.36. The van der Waals surface area contributed by atoms with E-state index in [0.717, 1.165) is 5.56 Å². The molecular formula is C18H16N2O5. The van der Waals surface area contributed by atoms with Gasteiger partial charge in [-0.3, -0.25) is 14.4 Å². The molecule has 2 aromatic rings. The highest BCUT2D eigenvalue weighted by molar-refractivity contribution is 6.00. The van der Waals surface area contributed by atoms with E-state index in [9.17, 15) is 14.4 Å². The number of hydrogen-bond acceptors (Lipinski definition) is 4. The maximum Gasteiger partial charge on any atom is 0.303 e. The van der Waals surface area contributed by atoms with E-state index in [1.807, 2.05) is 30.3 Å². The van der Waals surface area contributed by atoms with Crippen molar-refractivity contribution in [1.82, 2.24) is 0 Å². The largest absolute Gasteiger partial charge is 0.481 e. The summed E-state index contributed by atoms with van der Waals surface area (Å²) in [4.78, 5) is 34.5. The van der Waals surface area contributed by atoms with Crippen LogP contribution in [0.4, 0.5) is 11.4 Å². The summed E-state index contributed by atoms with van der Waals surface area (Å²) in [5, 5.41) is 13.9. The molecule has 1 unspecified atom stereocenters. The van der Waals surface area contributed by atoms with Gasteiger partial charge < -0.3 is 20.5 Å². The SMILES string of the molecule is O=C(O)CCC(=O)Nc1ccc2c(c1)NC(=O)C(c1ccccc1)O2. The van der Waals surface area contributed by atoms with Crippen molar-refractivity contribution in [3.63, 3.8) is 0 Å². The van der Waals surface area contributed by atoms with Crippen molar-refractivity contribution in [3.8, 4) is 5.75 Å². The number of carboxylic acids is 1. The lowest BCUT2D eigenvalue weighted by atomic mass is 10.1. The van der Waals surface area contributed by atoms with E-state index >= 15 is 0 Å². The fourth-order valence-corrected chi connectivity index (χ4v) is 2.48. The number of rotatable bonds is 5. The number of amides is 2. The monoisotopic (exact) mass is 340 g/mol. The van der Waals surface area contributed by atoms with Crippen LogP contribution in [0.2, 0.25) is 0 Å². The molecule has 7 nitrogen and oxygen atoms in total. The Kier molecular flexibility index (Phi) is 4.65. The van der Waals surface area contributed by atoms with Gasteiger partial charge in [0.15, 0.2) is 0 Å². The number of carbonyl (C=O) groups is 3. The summed E-state index contributed by atoms with van der Waals surface area (Å²) in [6.07, 6.45) is -1.09. The Balaban J connectivity index is 1.72. The van der Waals surface area contributed by atoms with Gasteiger partial charge in [0.2, 0.25) is 12.0 Å². The number of nitrogens with one attached hydrogen (secondary N) is 2. The zero-order valence-corrected chi connectivity index (χ0v) is 13.2. The van der Waals surface area contributed by atoms with Crippen molar-refractivity contribution < 1.29 is 24.2 Å². The highest BCUT2D eigenvalue weighted by atomic mass is 16.5. The fourth-order valence-electron chi connectivity index (χ4n) is 2.48. The van der Waals surface area contributed by atoms with Crippen LogP contribution < -0.4 is 15.4 Å². The van der Waals surface area contributed by atoms with Gasteiger partial charge in [0.1, 0.15) is 5.75 Å². The molecule has 1 heterocycles. The number of carbonyl (C=O) groups excluding carboxylic acids is 2. The third-order valence-corrected chi connectivity index (χ3v) is 3.67. The normalized spacial score (nSPS) is 15.5. The Labute approximate surface area is 143 Å². The molecule has 0 spiro atoms. The smallest absolute Gasteiger partial charge is 0.303 e. The molecule has 0 aromatic heterocycles. The minimum atomic E-state index is -1.03. The molecule has 0 bridgehead atoms. The van der Waals surface area contributed by atoms with E-state index in [1.165, 1.54) is 0 Å². The van der Waals surface area contributed by atoms with Crippen LogP contribution in [-0.4, -0.2) is 22.9 Å². The third-order valence-electron chi connectivity index (χ3n) is 3.67. The van der Waals surface area contributed by atoms with Crippen molar-refractivity contribution >= 4 is 29.2 Å². The summed E-state index contributed by atoms with van der Waals surface area (Å²) in [7, 11) is 0. The molecule has 1 atom stereocenters. The molecule has 3 N–H and O–H groups in total. The maximum atomic E-state index is 12.3. The lowest BCUT2D eigenvalue weighted by Gasteiger charge is -2.26. The van der Waals surface area contributed by atoms with Crippen LogP contribution in [0.3, 0.4) is 0 Å². The molecule has 25 heavy (non-hydrogen) atoms. The van der Waals surface area contributed by atoms with Crippen molar-refractivity contribution in [1.29, 1.82) is 0 Å². The van der Waals surface area contributed by atoms with Crippen LogP contribution in [0, 0.1) is 0 Å². The van der Waals surface area contributed by atoms with Crippen molar-refractivity contribution in [2.75, 3.05) is 10.6 Å². The van der Waals surface area contributed by atoms with E-state index in [4.69, 9.17) is 9.84 Å². The van der Waals surface area contributed by atoms with E-state index in [-0.39, 0.29) is 18.7 Å². The molecule has 7 heteroatoms. The molecule has 1 aliphatic rings. The summed E-state index contributed by atoms with van der Waals surface area (Å²) < 4.78 is 5.77. The standard InChI is InChI=1S/C18H16N2O5/c21-15(8-9-16(22)23)19-12-6-7-14-13(10-12)20-18(24)17(25-14)11-4-2-1-3-5-11/h1-7,10,17H,8-9H2,(H,19,21)(H,20,24)(H,22,23). The second-order valence-corrected chi connectivity index (χ2v) is 5.55. The minimum Gasteiger partial charge on any atom is -0.481 e. The molecule has 0 saturated heterocycles. The first-order valence-electron chi connectivity index (χ1n) is 7.71. The summed E-state index contributed by atoms with van der Waals surface area (Å²) in [6.45, 7) is 0. The van der Waals surface area contributed by atoms with Crippen LogP contribution in [0.25, 0.3) is 0 Å². The van der Waals surface area contributed by atoms with Gasteiger partial charge in [-0.05, 0) is 18.2 Å². The van der Waals surface area contributed by atoms with Crippen molar-refractivity contribution in [3.05, 3.63) is 54.1 Å². The summed E-state index contributed by atoms with van der Waals surface area (Å²) in [5.74, 6) is -1.24. The van der Waals surface area contributed by atoms with E-state index in [2.05, 4.69) is 10.6 Å². The number of anilines is 2. The highest BCUT2D eigenvalue weighted by Gasteiger charge is 2.29. The number of aliphatic carboxylic acids is 1. The lowest BCUT2D eigenvalue weighted by molar-refractivity contribution is -0.138. The summed E-state index contributed by atoms with van der Waals surface area (Å²) in [6, 6.07) is 14.0. The molecular weight excluding hydrogens is 324 g/mol. The van der Waals surface area contributed by atoms with E-state index < -0.39 is 18.0 Å². The first-order valence-corrected chi connectivity index (χ1v) is 7.71. The fraction of sp³-hybridized carbons (Fsp3) is 0.167. The topological polar surface area (TPSA) is 105 Å². The van der Waals surface area contributed by atoms with Gasteiger partial charge in [0, 0.05) is 17.7 Å². The molecule has 3 rings (SSSR count). The Morgan fingerprint density at radius 2 is 1.88 bits per heavy atom. The average molecular weight is 340 g/mol. The van der Waals surface area contributed by atoms with Crippen molar-refractivity contribution in [2.24, 2.45) is 0 Å². The van der Waals surface area contributed by atoms with E-state index in [0.29, 0.717) is 17.1 Å². The average Bonchev–Trinajstić information content (AvgIpc) is 2.60. The number of ether oxygens (including phenoxy) is 1. The molecule has 0 saturated carbocycles. The molecule has 0 aliphatic carbocycles. The summed E-state index contributed by atoms with van der Waals surface area (Å²) >= 11 is 0. The Morgan fingerprint density at radius 3 is 2.60 bits per heavy atom.